The Morgan fingerprint density at radius 3 is 2.54 bits per heavy atom. The number of hydrogen-bond donors (Lipinski definition) is 2. The first-order valence-electron chi connectivity index (χ1n) is 9.04. The van der Waals surface area contributed by atoms with Crippen LogP contribution in [0, 0.1) is 5.92 Å². The Balaban J connectivity index is 1.97. The molecular formula is C19H29N3O4. The van der Waals surface area contributed by atoms with E-state index >= 15 is 0 Å². The fourth-order valence-corrected chi connectivity index (χ4v) is 3.09. The number of amides is 2. The summed E-state index contributed by atoms with van der Waals surface area (Å²) in [7, 11) is 5.03. The number of hydrogen-bond acceptors (Lipinski definition) is 5. The minimum Gasteiger partial charge on any atom is -0.493 e. The van der Waals surface area contributed by atoms with E-state index in [0.717, 1.165) is 38.9 Å². The summed E-state index contributed by atoms with van der Waals surface area (Å²) in [5.74, 6) is 1.35. The van der Waals surface area contributed by atoms with Crippen molar-refractivity contribution >= 4 is 11.8 Å². The molecule has 2 N–H and O–H groups in total. The molecule has 0 unspecified atom stereocenters. The molecule has 0 spiro atoms. The maximum atomic E-state index is 12.8. The Hall–Kier alpha value is -2.28. The van der Waals surface area contributed by atoms with E-state index in [1.54, 1.807) is 25.2 Å². The van der Waals surface area contributed by atoms with Crippen LogP contribution in [0.25, 0.3) is 0 Å². The summed E-state index contributed by atoms with van der Waals surface area (Å²) in [6.45, 7) is 2.49. The third-order valence-corrected chi connectivity index (χ3v) is 4.75. The first-order chi connectivity index (χ1) is 12.6. The molecule has 0 radical (unpaired) electrons. The summed E-state index contributed by atoms with van der Waals surface area (Å²) < 4.78 is 10.8. The molecular weight excluding hydrogens is 334 g/mol. The van der Waals surface area contributed by atoms with E-state index in [0.29, 0.717) is 23.0 Å². The summed E-state index contributed by atoms with van der Waals surface area (Å²) >= 11 is 0. The fourth-order valence-electron chi connectivity index (χ4n) is 3.09. The van der Waals surface area contributed by atoms with Gasteiger partial charge in [0, 0.05) is 25.7 Å². The van der Waals surface area contributed by atoms with Gasteiger partial charge in [0.05, 0.1) is 7.11 Å². The molecule has 2 amide bonds. The summed E-state index contributed by atoms with van der Waals surface area (Å²) in [5, 5.41) is 5.67. The lowest BCUT2D eigenvalue weighted by Crippen LogP contribution is -2.39. The lowest BCUT2D eigenvalue weighted by molar-refractivity contribution is -0.122. The molecule has 0 aliphatic carbocycles. The second-order valence-corrected chi connectivity index (χ2v) is 6.46. The van der Waals surface area contributed by atoms with Crippen LogP contribution in [0.1, 0.15) is 29.6 Å². The highest BCUT2D eigenvalue weighted by Gasteiger charge is 2.24. The van der Waals surface area contributed by atoms with Gasteiger partial charge in [0.15, 0.2) is 18.1 Å². The summed E-state index contributed by atoms with van der Waals surface area (Å²) in [6, 6.07) is 5.07. The third-order valence-electron chi connectivity index (χ3n) is 4.75. The molecule has 26 heavy (non-hydrogen) atoms. The number of methoxy groups -OCH3 is 1. The van der Waals surface area contributed by atoms with Crippen molar-refractivity contribution in [3.63, 3.8) is 0 Å². The van der Waals surface area contributed by atoms with Gasteiger partial charge in [0.2, 0.25) is 0 Å². The van der Waals surface area contributed by atoms with Crippen LogP contribution < -0.4 is 20.1 Å². The molecule has 1 fully saturated rings. The average molecular weight is 363 g/mol. The summed E-state index contributed by atoms with van der Waals surface area (Å²) in [5.41, 5.74) is 0.572. The number of nitrogens with zero attached hydrogens (tertiary/aromatic N) is 1. The fraction of sp³-hybridized carbons (Fsp3) is 0.579. The summed E-state index contributed by atoms with van der Waals surface area (Å²) in [4.78, 5) is 26.0. The van der Waals surface area contributed by atoms with Crippen molar-refractivity contribution < 1.29 is 19.1 Å². The number of ether oxygens (including phenoxy) is 2. The van der Waals surface area contributed by atoms with E-state index in [-0.39, 0.29) is 18.4 Å². The number of carbonyl (C=O) groups is 2. The highest BCUT2D eigenvalue weighted by Crippen LogP contribution is 2.29. The smallest absolute Gasteiger partial charge is 0.257 e. The molecule has 0 atom stereocenters. The van der Waals surface area contributed by atoms with Crippen molar-refractivity contribution in [1.29, 1.82) is 0 Å². The van der Waals surface area contributed by atoms with E-state index < -0.39 is 0 Å². The van der Waals surface area contributed by atoms with Crippen molar-refractivity contribution in [1.82, 2.24) is 15.5 Å². The normalized spacial score (nSPS) is 14.8. The molecule has 1 heterocycles. The van der Waals surface area contributed by atoms with E-state index in [9.17, 15) is 9.59 Å². The maximum absolute atomic E-state index is 12.8. The summed E-state index contributed by atoms with van der Waals surface area (Å²) in [6.07, 6.45) is 3.24. The van der Waals surface area contributed by atoms with E-state index in [1.807, 2.05) is 11.9 Å². The molecule has 1 aromatic rings. The Morgan fingerprint density at radius 1 is 1.19 bits per heavy atom. The first-order valence-corrected chi connectivity index (χ1v) is 9.04. The average Bonchev–Trinajstić information content (AvgIpc) is 2.70. The number of likely N-dealkylation sites (tertiary alicyclic amines) is 1. The lowest BCUT2D eigenvalue weighted by atomic mass is 9.93. The van der Waals surface area contributed by atoms with Crippen molar-refractivity contribution in [3.8, 4) is 11.5 Å². The van der Waals surface area contributed by atoms with Gasteiger partial charge in [-0.1, -0.05) is 0 Å². The van der Waals surface area contributed by atoms with Crippen molar-refractivity contribution in [2.24, 2.45) is 5.92 Å². The second kappa shape index (κ2) is 10.0. The zero-order valence-electron chi connectivity index (χ0n) is 15.8. The van der Waals surface area contributed by atoms with Crippen LogP contribution in [0.4, 0.5) is 0 Å². The number of piperidine rings is 1. The van der Waals surface area contributed by atoms with Gasteiger partial charge in [-0.05, 0) is 57.0 Å². The molecule has 1 aromatic carbocycles. The largest absolute Gasteiger partial charge is 0.493 e. The molecule has 0 saturated carbocycles. The van der Waals surface area contributed by atoms with Gasteiger partial charge >= 0.3 is 0 Å². The Bertz CT molecular complexity index is 613. The molecule has 1 aliphatic heterocycles. The molecule has 144 valence electrons. The minimum absolute atomic E-state index is 0.00761. The van der Waals surface area contributed by atoms with Gasteiger partial charge < -0.3 is 25.0 Å². The zero-order valence-corrected chi connectivity index (χ0v) is 15.8. The number of benzene rings is 1. The lowest BCUT2D eigenvalue weighted by Gasteiger charge is -2.32. The minimum atomic E-state index is -0.228. The van der Waals surface area contributed by atoms with E-state index in [2.05, 4.69) is 10.6 Å². The highest BCUT2D eigenvalue weighted by molar-refractivity contribution is 5.95. The van der Waals surface area contributed by atoms with Gasteiger partial charge in [0.25, 0.3) is 11.8 Å². The molecule has 0 bridgehead atoms. The zero-order chi connectivity index (χ0) is 18.9. The Labute approximate surface area is 155 Å². The van der Waals surface area contributed by atoms with Crippen LogP contribution in [0.15, 0.2) is 18.2 Å². The third kappa shape index (κ3) is 5.36. The van der Waals surface area contributed by atoms with Gasteiger partial charge in [-0.15, -0.1) is 0 Å². The quantitative estimate of drug-likeness (QED) is 0.727. The molecule has 2 rings (SSSR count). The van der Waals surface area contributed by atoms with Crippen LogP contribution in [0.5, 0.6) is 11.5 Å². The monoisotopic (exact) mass is 363 g/mol. The van der Waals surface area contributed by atoms with Crippen molar-refractivity contribution in [3.05, 3.63) is 23.8 Å². The van der Waals surface area contributed by atoms with Crippen molar-refractivity contribution in [2.45, 2.75) is 19.3 Å². The number of likely N-dealkylation sites (N-methyl/N-ethyl adjacent to an activating group) is 1. The highest BCUT2D eigenvalue weighted by atomic mass is 16.5. The van der Waals surface area contributed by atoms with E-state index in [4.69, 9.17) is 9.47 Å². The number of rotatable bonds is 8. The standard InChI is InChI=1S/C19H29N3O4/c1-20-9-6-14-7-10-22(11-8-14)19(24)15-4-5-16(17(12-15)25-3)26-13-18(23)21-2/h4-5,12,14,20H,6-11,13H2,1-3H3,(H,21,23). The van der Waals surface area contributed by atoms with Crippen LogP contribution in [-0.2, 0) is 4.79 Å². The molecule has 1 saturated heterocycles. The van der Waals surface area contributed by atoms with Gasteiger partial charge in [-0.25, -0.2) is 0 Å². The van der Waals surface area contributed by atoms with Gasteiger partial charge in [-0.2, -0.15) is 0 Å². The Kier molecular flexibility index (Phi) is 7.72. The molecule has 1 aliphatic rings. The SMILES string of the molecule is CNCCC1CCN(C(=O)c2ccc(OCC(=O)NC)c(OC)c2)CC1. The van der Waals surface area contributed by atoms with Gasteiger partial charge in [0.1, 0.15) is 0 Å². The molecule has 7 heteroatoms. The second-order valence-electron chi connectivity index (χ2n) is 6.46. The predicted octanol–water partition coefficient (Wildman–Crippen LogP) is 1.28. The number of nitrogens with one attached hydrogen (secondary N) is 2. The van der Waals surface area contributed by atoms with Gasteiger partial charge in [-0.3, -0.25) is 9.59 Å². The Morgan fingerprint density at radius 2 is 1.92 bits per heavy atom. The molecule has 0 aromatic heterocycles. The molecule has 7 nitrogen and oxygen atoms in total. The maximum Gasteiger partial charge on any atom is 0.257 e. The van der Waals surface area contributed by atoms with Crippen LogP contribution in [-0.4, -0.2) is 64.2 Å². The van der Waals surface area contributed by atoms with Crippen LogP contribution in [0.3, 0.4) is 0 Å². The topological polar surface area (TPSA) is 79.9 Å². The van der Waals surface area contributed by atoms with Crippen molar-refractivity contribution in [2.75, 3.05) is 47.4 Å². The van der Waals surface area contributed by atoms with Crippen LogP contribution >= 0.6 is 0 Å². The number of carbonyl (C=O) groups excluding carboxylic acids is 2. The van der Waals surface area contributed by atoms with E-state index in [1.165, 1.54) is 7.11 Å². The van der Waals surface area contributed by atoms with Crippen LogP contribution in [0.2, 0.25) is 0 Å². The predicted molar refractivity (Wildman–Crippen MR) is 99.7 cm³/mol. The first kappa shape index (κ1) is 20.0.